The summed E-state index contributed by atoms with van der Waals surface area (Å²) >= 11 is 0. The molecule has 2 heterocycles. The van der Waals surface area contributed by atoms with E-state index in [-0.39, 0.29) is 11.7 Å². The van der Waals surface area contributed by atoms with Crippen LogP contribution in [0.2, 0.25) is 0 Å². The first-order valence-corrected chi connectivity index (χ1v) is 10.4. The fourth-order valence-corrected chi connectivity index (χ4v) is 3.85. The summed E-state index contributed by atoms with van der Waals surface area (Å²) in [6, 6.07) is 7.69. The predicted molar refractivity (Wildman–Crippen MR) is 126 cm³/mol. The van der Waals surface area contributed by atoms with Crippen molar-refractivity contribution in [1.82, 2.24) is 9.97 Å². The van der Waals surface area contributed by atoms with Gasteiger partial charge in [-0.1, -0.05) is 6.08 Å². The molecular formula is C26H23F2N3O2. The number of nitrogens with zero attached hydrogens (tertiary/aromatic N) is 1. The van der Waals surface area contributed by atoms with Crippen LogP contribution in [0.3, 0.4) is 0 Å². The summed E-state index contributed by atoms with van der Waals surface area (Å²) in [6.07, 6.45) is 6.43. The molecule has 5 nitrogen and oxygen atoms in total. The molecule has 0 fully saturated rings. The monoisotopic (exact) mass is 447 g/mol. The van der Waals surface area contributed by atoms with Crippen LogP contribution in [0.15, 0.2) is 54.9 Å². The smallest absolute Gasteiger partial charge is 0.248 e. The van der Waals surface area contributed by atoms with Crippen molar-refractivity contribution < 1.29 is 18.3 Å². The molecule has 0 spiro atoms. The maximum atomic E-state index is 14.5. The van der Waals surface area contributed by atoms with Gasteiger partial charge in [-0.15, -0.1) is 0 Å². The molecule has 0 aliphatic carbocycles. The van der Waals surface area contributed by atoms with Crippen LogP contribution in [0, 0.1) is 25.5 Å². The third kappa shape index (κ3) is 4.22. The lowest BCUT2D eigenvalue weighted by atomic mass is 9.97. The van der Waals surface area contributed by atoms with Gasteiger partial charge in [0.25, 0.3) is 0 Å². The van der Waals surface area contributed by atoms with Crippen molar-refractivity contribution in [3.8, 4) is 28.0 Å². The predicted octanol–water partition coefficient (Wildman–Crippen LogP) is 6.32. The molecule has 0 saturated carbocycles. The SMILES string of the molecule is C/C=C/C(=O)Nc1cc(F)cc(-c2cnc3[nH]cc(-c4cc(C)c(F)cc4OC)c3c2)c1C. The number of amides is 1. The van der Waals surface area contributed by atoms with Crippen LogP contribution in [0.5, 0.6) is 5.75 Å². The molecule has 4 rings (SSSR count). The summed E-state index contributed by atoms with van der Waals surface area (Å²) < 4.78 is 33.9. The Morgan fingerprint density at radius 3 is 2.61 bits per heavy atom. The Morgan fingerprint density at radius 2 is 1.88 bits per heavy atom. The minimum absolute atomic E-state index is 0.336. The molecule has 168 valence electrons. The molecule has 0 unspecified atom stereocenters. The van der Waals surface area contributed by atoms with Gasteiger partial charge >= 0.3 is 0 Å². The topological polar surface area (TPSA) is 67.0 Å². The number of pyridine rings is 1. The van der Waals surface area contributed by atoms with Crippen LogP contribution in [0.1, 0.15) is 18.1 Å². The van der Waals surface area contributed by atoms with Gasteiger partial charge in [-0.3, -0.25) is 4.79 Å². The fourth-order valence-electron chi connectivity index (χ4n) is 3.85. The Balaban J connectivity index is 1.86. The van der Waals surface area contributed by atoms with Crippen LogP contribution in [0.25, 0.3) is 33.3 Å². The largest absolute Gasteiger partial charge is 0.496 e. The molecule has 1 amide bonds. The minimum atomic E-state index is -0.475. The number of rotatable bonds is 5. The maximum absolute atomic E-state index is 14.5. The normalized spacial score (nSPS) is 11.3. The Labute approximate surface area is 190 Å². The van der Waals surface area contributed by atoms with Gasteiger partial charge in [0.2, 0.25) is 5.91 Å². The number of allylic oxidation sites excluding steroid dienone is 1. The van der Waals surface area contributed by atoms with Crippen LogP contribution in [0.4, 0.5) is 14.5 Å². The van der Waals surface area contributed by atoms with E-state index >= 15 is 0 Å². The Bertz CT molecular complexity index is 1410. The Morgan fingerprint density at radius 1 is 1.09 bits per heavy atom. The van der Waals surface area contributed by atoms with Crippen LogP contribution in [-0.2, 0) is 4.79 Å². The van der Waals surface area contributed by atoms with Crippen molar-refractivity contribution in [2.75, 3.05) is 12.4 Å². The summed E-state index contributed by atoms with van der Waals surface area (Å²) in [5.74, 6) is -0.758. The number of fused-ring (bicyclic) bond motifs is 1. The molecule has 0 aliphatic heterocycles. The number of ether oxygens (including phenoxy) is 1. The number of aryl methyl sites for hydroxylation is 1. The van der Waals surface area contributed by atoms with E-state index in [1.807, 2.05) is 13.0 Å². The standard InChI is InChI=1S/C26H23F2N3O2/c1-5-6-25(32)31-23-10-17(27)9-18(15(23)3)16-8-20-21(13-30-26(20)29-12-16)19-7-14(2)22(28)11-24(19)33-4/h5-13H,1-4H3,(H,29,30)(H,31,32)/b6-5+. The Hall–Kier alpha value is -4.00. The molecule has 0 bridgehead atoms. The molecule has 33 heavy (non-hydrogen) atoms. The quantitative estimate of drug-likeness (QED) is 0.352. The number of carbonyl (C=O) groups is 1. The van der Waals surface area contributed by atoms with Crippen molar-refractivity contribution in [1.29, 1.82) is 0 Å². The first-order chi connectivity index (χ1) is 15.8. The van der Waals surface area contributed by atoms with Gasteiger partial charge in [0.1, 0.15) is 23.0 Å². The average molecular weight is 447 g/mol. The van der Waals surface area contributed by atoms with Gasteiger partial charge in [-0.05, 0) is 67.8 Å². The molecule has 0 saturated heterocycles. The number of hydrogen-bond donors (Lipinski definition) is 2. The van der Waals surface area contributed by atoms with Crippen LogP contribution >= 0.6 is 0 Å². The van der Waals surface area contributed by atoms with Gasteiger partial charge in [-0.25, -0.2) is 13.8 Å². The lowest BCUT2D eigenvalue weighted by molar-refractivity contribution is -0.111. The van der Waals surface area contributed by atoms with Crippen molar-refractivity contribution in [2.45, 2.75) is 20.8 Å². The van der Waals surface area contributed by atoms with E-state index in [2.05, 4.69) is 15.3 Å². The molecule has 2 aromatic carbocycles. The number of H-pyrrole nitrogens is 1. The van der Waals surface area contributed by atoms with E-state index in [1.54, 1.807) is 38.4 Å². The third-order valence-electron chi connectivity index (χ3n) is 5.56. The molecular weight excluding hydrogens is 424 g/mol. The van der Waals surface area contributed by atoms with Gasteiger partial charge < -0.3 is 15.0 Å². The first-order valence-electron chi connectivity index (χ1n) is 10.4. The van der Waals surface area contributed by atoms with E-state index in [1.165, 1.54) is 31.4 Å². The lowest BCUT2D eigenvalue weighted by Crippen LogP contribution is -2.09. The van der Waals surface area contributed by atoms with Gasteiger partial charge in [0.15, 0.2) is 0 Å². The van der Waals surface area contributed by atoms with Crippen molar-refractivity contribution in [2.24, 2.45) is 0 Å². The Kier molecular flexibility index (Phi) is 5.96. The fraction of sp³-hybridized carbons (Fsp3) is 0.154. The zero-order chi connectivity index (χ0) is 23.7. The zero-order valence-electron chi connectivity index (χ0n) is 18.7. The molecule has 2 N–H and O–H groups in total. The average Bonchev–Trinajstić information content (AvgIpc) is 3.20. The number of carbonyl (C=O) groups excluding carboxylic acids is 1. The summed E-state index contributed by atoms with van der Waals surface area (Å²) in [5, 5.41) is 3.49. The van der Waals surface area contributed by atoms with Gasteiger partial charge in [0.05, 0.1) is 7.11 Å². The zero-order valence-corrected chi connectivity index (χ0v) is 18.7. The number of hydrogen-bond acceptors (Lipinski definition) is 3. The van der Waals surface area contributed by atoms with Crippen molar-refractivity contribution in [3.05, 3.63) is 77.6 Å². The highest BCUT2D eigenvalue weighted by atomic mass is 19.1. The van der Waals surface area contributed by atoms with E-state index in [0.717, 1.165) is 16.5 Å². The van der Waals surface area contributed by atoms with Crippen LogP contribution < -0.4 is 10.1 Å². The molecule has 0 atom stereocenters. The molecule has 4 aromatic rings. The van der Waals surface area contributed by atoms with E-state index in [0.29, 0.717) is 39.3 Å². The molecule has 2 aromatic heterocycles. The highest BCUT2D eigenvalue weighted by Gasteiger charge is 2.17. The summed E-state index contributed by atoms with van der Waals surface area (Å²) in [4.78, 5) is 19.6. The van der Waals surface area contributed by atoms with E-state index in [4.69, 9.17) is 4.74 Å². The second kappa shape index (κ2) is 8.86. The maximum Gasteiger partial charge on any atom is 0.248 e. The number of anilines is 1. The highest BCUT2D eigenvalue weighted by Crippen LogP contribution is 2.38. The van der Waals surface area contributed by atoms with Crippen molar-refractivity contribution in [3.63, 3.8) is 0 Å². The number of aromatic amines is 1. The van der Waals surface area contributed by atoms with Gasteiger partial charge in [0, 0.05) is 46.2 Å². The number of halogens is 2. The highest BCUT2D eigenvalue weighted by molar-refractivity contribution is 6.01. The van der Waals surface area contributed by atoms with Crippen LogP contribution in [-0.4, -0.2) is 23.0 Å². The van der Waals surface area contributed by atoms with E-state index in [9.17, 15) is 13.6 Å². The number of nitrogens with one attached hydrogen (secondary N) is 2. The first kappa shape index (κ1) is 22.2. The van der Waals surface area contributed by atoms with E-state index < -0.39 is 5.82 Å². The number of methoxy groups -OCH3 is 1. The second-order valence-electron chi connectivity index (χ2n) is 7.74. The third-order valence-corrected chi connectivity index (χ3v) is 5.56. The summed E-state index contributed by atoms with van der Waals surface area (Å²) in [6.45, 7) is 5.24. The molecule has 0 radical (unpaired) electrons. The minimum Gasteiger partial charge on any atom is -0.496 e. The second-order valence-corrected chi connectivity index (χ2v) is 7.74. The number of aromatic nitrogens is 2. The molecule has 7 heteroatoms. The lowest BCUT2D eigenvalue weighted by Gasteiger charge is -2.13. The van der Waals surface area contributed by atoms with Crippen molar-refractivity contribution >= 4 is 22.6 Å². The van der Waals surface area contributed by atoms with Gasteiger partial charge in [-0.2, -0.15) is 0 Å². The summed E-state index contributed by atoms with van der Waals surface area (Å²) in [5.41, 5.74) is 5.02. The number of benzene rings is 2. The molecule has 0 aliphatic rings. The summed E-state index contributed by atoms with van der Waals surface area (Å²) in [7, 11) is 1.49.